The molecule has 0 fully saturated rings. The van der Waals surface area contributed by atoms with Crippen LogP contribution in [-0.2, 0) is 25.6 Å². The summed E-state index contributed by atoms with van der Waals surface area (Å²) in [5, 5.41) is 26.1. The summed E-state index contributed by atoms with van der Waals surface area (Å²) >= 11 is 0. The number of aliphatic hydroxyl groups excluding tert-OH is 1. The number of nitrogens with one attached hydrogen (secondary N) is 4. The molecule has 0 radical (unpaired) electrons. The van der Waals surface area contributed by atoms with E-state index in [1.165, 1.54) is 12.5 Å². The van der Waals surface area contributed by atoms with Gasteiger partial charge in [-0.05, 0) is 25.2 Å². The molecule has 0 aliphatic rings. The smallest absolute Gasteiger partial charge is 0.326 e. The second-order valence-corrected chi connectivity index (χ2v) is 8.67. The second kappa shape index (κ2) is 15.3. The molecule has 4 atom stereocenters. The third-order valence-electron chi connectivity index (χ3n) is 5.05. The van der Waals surface area contributed by atoms with Crippen molar-refractivity contribution in [3.05, 3.63) is 18.2 Å². The highest BCUT2D eigenvalue weighted by atomic mass is 16.4. The number of carbonyl (C=O) groups excluding carboxylic acids is 3. The first-order valence-corrected chi connectivity index (χ1v) is 11.5. The Kier molecular flexibility index (Phi) is 12.9. The lowest BCUT2D eigenvalue weighted by Gasteiger charge is -2.25. The van der Waals surface area contributed by atoms with Gasteiger partial charge in [-0.3, -0.25) is 19.4 Å². The van der Waals surface area contributed by atoms with Gasteiger partial charge in [-0.1, -0.05) is 13.8 Å². The van der Waals surface area contributed by atoms with Crippen molar-refractivity contribution in [2.45, 2.75) is 63.7 Å². The van der Waals surface area contributed by atoms with Gasteiger partial charge in [0, 0.05) is 24.9 Å². The molecule has 0 spiro atoms. The number of hydrogen-bond acceptors (Lipinski definition) is 8. The molecular weight excluding hydrogens is 474 g/mol. The van der Waals surface area contributed by atoms with Crippen LogP contribution < -0.4 is 33.2 Å². The molecule has 0 aliphatic heterocycles. The summed E-state index contributed by atoms with van der Waals surface area (Å²) in [6.07, 6.45) is 3.41. The third-order valence-corrected chi connectivity index (χ3v) is 5.05. The maximum absolute atomic E-state index is 13.1. The van der Waals surface area contributed by atoms with Crippen molar-refractivity contribution in [3.8, 4) is 0 Å². The SMILES string of the molecule is CC(C)CC(NC(=O)C(CCCN=C(N)N)NC(=O)C(Cc1cnc[nH]1)NC(=O)C(N)CO)C(=O)O. The quantitative estimate of drug-likeness (QED) is 0.0613. The van der Waals surface area contributed by atoms with E-state index in [1.807, 2.05) is 13.8 Å². The van der Waals surface area contributed by atoms with E-state index in [0.717, 1.165) is 0 Å². The molecule has 0 saturated carbocycles. The molecule has 1 heterocycles. The van der Waals surface area contributed by atoms with Gasteiger partial charge < -0.3 is 48.3 Å². The van der Waals surface area contributed by atoms with Gasteiger partial charge in [-0.15, -0.1) is 0 Å². The zero-order valence-electron chi connectivity index (χ0n) is 20.4. The van der Waals surface area contributed by atoms with Crippen LogP contribution in [0.3, 0.4) is 0 Å². The van der Waals surface area contributed by atoms with Crippen molar-refractivity contribution < 1.29 is 29.4 Å². The number of carboxylic acid groups (broad SMARTS) is 1. The lowest BCUT2D eigenvalue weighted by molar-refractivity contribution is -0.142. The zero-order valence-corrected chi connectivity index (χ0v) is 20.4. The minimum atomic E-state index is -1.26. The van der Waals surface area contributed by atoms with E-state index < -0.39 is 54.5 Å². The van der Waals surface area contributed by atoms with E-state index in [1.54, 1.807) is 0 Å². The minimum Gasteiger partial charge on any atom is -0.480 e. The number of aliphatic carboxylic acids is 1. The molecular formula is C21H37N9O6. The van der Waals surface area contributed by atoms with Crippen molar-refractivity contribution in [1.29, 1.82) is 0 Å². The molecule has 15 nitrogen and oxygen atoms in total. The Labute approximate surface area is 208 Å². The van der Waals surface area contributed by atoms with Crippen LogP contribution in [0.15, 0.2) is 17.5 Å². The Bertz CT molecular complexity index is 886. The first kappa shape index (κ1) is 30.3. The van der Waals surface area contributed by atoms with Crippen molar-refractivity contribution in [1.82, 2.24) is 25.9 Å². The van der Waals surface area contributed by atoms with Gasteiger partial charge >= 0.3 is 5.97 Å². The van der Waals surface area contributed by atoms with Gasteiger partial charge in [0.05, 0.1) is 12.9 Å². The molecule has 36 heavy (non-hydrogen) atoms. The third kappa shape index (κ3) is 11.1. The number of aliphatic hydroxyl groups is 1. The van der Waals surface area contributed by atoms with Crippen LogP contribution in [0.2, 0.25) is 0 Å². The van der Waals surface area contributed by atoms with Gasteiger partial charge in [-0.2, -0.15) is 0 Å². The van der Waals surface area contributed by atoms with Crippen LogP contribution in [-0.4, -0.2) is 87.2 Å². The summed E-state index contributed by atoms with van der Waals surface area (Å²) in [4.78, 5) is 60.5. The van der Waals surface area contributed by atoms with E-state index in [4.69, 9.17) is 22.3 Å². The largest absolute Gasteiger partial charge is 0.480 e. The highest BCUT2D eigenvalue weighted by molar-refractivity contribution is 5.94. The monoisotopic (exact) mass is 511 g/mol. The first-order valence-electron chi connectivity index (χ1n) is 11.5. The Hall–Kier alpha value is -3.72. The molecule has 0 aliphatic carbocycles. The number of aromatic amines is 1. The molecule has 1 rings (SSSR count). The van der Waals surface area contributed by atoms with E-state index in [-0.39, 0.29) is 37.7 Å². The van der Waals surface area contributed by atoms with Gasteiger partial charge in [0.15, 0.2) is 5.96 Å². The van der Waals surface area contributed by atoms with Crippen molar-refractivity contribution in [2.24, 2.45) is 28.1 Å². The summed E-state index contributed by atoms with van der Waals surface area (Å²) in [6.45, 7) is 3.18. The first-order chi connectivity index (χ1) is 16.9. The van der Waals surface area contributed by atoms with E-state index in [9.17, 15) is 24.3 Å². The van der Waals surface area contributed by atoms with E-state index in [2.05, 4.69) is 30.9 Å². The fraction of sp³-hybridized carbons (Fsp3) is 0.619. The fourth-order valence-electron chi connectivity index (χ4n) is 3.20. The highest BCUT2D eigenvalue weighted by Crippen LogP contribution is 2.08. The summed E-state index contributed by atoms with van der Waals surface area (Å²) in [5.74, 6) is -3.55. The van der Waals surface area contributed by atoms with Crippen LogP contribution >= 0.6 is 0 Å². The zero-order chi connectivity index (χ0) is 27.3. The topological polar surface area (TPSA) is 264 Å². The summed E-state index contributed by atoms with van der Waals surface area (Å²) < 4.78 is 0. The molecule has 3 amide bonds. The number of aromatic nitrogens is 2. The lowest BCUT2D eigenvalue weighted by Crippen LogP contribution is -2.58. The number of carbonyl (C=O) groups is 4. The number of imidazole rings is 1. The Balaban J connectivity index is 3.07. The minimum absolute atomic E-state index is 0.00830. The summed E-state index contributed by atoms with van der Waals surface area (Å²) in [7, 11) is 0. The molecule has 1 aromatic heterocycles. The molecule has 1 aromatic rings. The number of nitrogens with zero attached hydrogens (tertiary/aromatic N) is 2. The number of amides is 3. The predicted octanol–water partition coefficient (Wildman–Crippen LogP) is -3.09. The maximum Gasteiger partial charge on any atom is 0.326 e. The van der Waals surface area contributed by atoms with E-state index >= 15 is 0 Å². The molecule has 202 valence electrons. The number of carboxylic acids is 1. The number of aliphatic imine (C=N–C) groups is 1. The summed E-state index contributed by atoms with van der Waals surface area (Å²) in [6, 6.07) is -4.73. The molecule has 15 heteroatoms. The fourth-order valence-corrected chi connectivity index (χ4v) is 3.20. The van der Waals surface area contributed by atoms with Crippen molar-refractivity contribution in [3.63, 3.8) is 0 Å². The average molecular weight is 512 g/mol. The van der Waals surface area contributed by atoms with Crippen molar-refractivity contribution >= 4 is 29.7 Å². The lowest BCUT2D eigenvalue weighted by atomic mass is 10.0. The molecule has 0 saturated heterocycles. The Morgan fingerprint density at radius 1 is 1.06 bits per heavy atom. The molecule has 0 aromatic carbocycles. The normalized spacial score (nSPS) is 14.2. The number of hydrogen-bond donors (Lipinski definition) is 9. The van der Waals surface area contributed by atoms with Crippen LogP contribution in [0.25, 0.3) is 0 Å². The molecule has 4 unspecified atom stereocenters. The van der Waals surface area contributed by atoms with Crippen LogP contribution in [0.5, 0.6) is 0 Å². The van der Waals surface area contributed by atoms with E-state index in [0.29, 0.717) is 12.1 Å². The van der Waals surface area contributed by atoms with Crippen LogP contribution in [0.1, 0.15) is 38.8 Å². The van der Waals surface area contributed by atoms with Gasteiger partial charge in [0.1, 0.15) is 24.2 Å². The number of nitrogens with two attached hydrogens (primary N) is 3. The number of guanidine groups is 1. The maximum atomic E-state index is 13.1. The highest BCUT2D eigenvalue weighted by Gasteiger charge is 2.30. The van der Waals surface area contributed by atoms with Gasteiger partial charge in [0.2, 0.25) is 17.7 Å². The molecule has 0 bridgehead atoms. The Morgan fingerprint density at radius 3 is 2.19 bits per heavy atom. The summed E-state index contributed by atoms with van der Waals surface area (Å²) in [5.41, 5.74) is 16.7. The van der Waals surface area contributed by atoms with Crippen LogP contribution in [0, 0.1) is 5.92 Å². The van der Waals surface area contributed by atoms with Gasteiger partial charge in [-0.25, -0.2) is 9.78 Å². The molecule has 12 N–H and O–H groups in total. The standard InChI is InChI=1S/C21H37N9O6/c1-11(2)6-16(20(35)36)30-18(33)14(4-3-5-26-21(23)24)28-19(34)15(7-12-8-25-10-27-12)29-17(32)13(22)9-31/h8,10-11,13-16,31H,3-7,9,22H2,1-2H3,(H,25,27)(H,28,34)(H,29,32)(H,30,33)(H,35,36)(H4,23,24,26). The Morgan fingerprint density at radius 2 is 1.67 bits per heavy atom. The van der Waals surface area contributed by atoms with Crippen LogP contribution in [0.4, 0.5) is 0 Å². The van der Waals surface area contributed by atoms with Gasteiger partial charge in [0.25, 0.3) is 0 Å². The van der Waals surface area contributed by atoms with Crippen molar-refractivity contribution in [2.75, 3.05) is 13.2 Å². The number of rotatable bonds is 16. The average Bonchev–Trinajstić information content (AvgIpc) is 3.31. The second-order valence-electron chi connectivity index (χ2n) is 8.67. The number of H-pyrrole nitrogens is 1. The predicted molar refractivity (Wildman–Crippen MR) is 130 cm³/mol.